The Morgan fingerprint density at radius 3 is 2.25 bits per heavy atom. The van der Waals surface area contributed by atoms with Crippen molar-refractivity contribution in [2.24, 2.45) is 0 Å². The van der Waals surface area contributed by atoms with E-state index in [2.05, 4.69) is 9.97 Å². The van der Waals surface area contributed by atoms with Crippen LogP contribution in [0.4, 0.5) is 0 Å². The van der Waals surface area contributed by atoms with Gasteiger partial charge in [0.1, 0.15) is 5.78 Å². The van der Waals surface area contributed by atoms with Gasteiger partial charge in [-0.15, -0.1) is 0 Å². The number of nitrogens with zero attached hydrogens (tertiary/aromatic N) is 2. The molecule has 16 heavy (non-hydrogen) atoms. The van der Waals surface area contributed by atoms with Crippen molar-refractivity contribution >= 4 is 17.5 Å². The van der Waals surface area contributed by atoms with Crippen molar-refractivity contribution in [1.82, 2.24) is 9.97 Å². The minimum absolute atomic E-state index is 0.0669. The molecule has 88 valence electrons. The molecule has 0 saturated heterocycles. The normalized spacial score (nSPS) is 14.6. The van der Waals surface area contributed by atoms with Crippen molar-refractivity contribution in [3.63, 3.8) is 0 Å². The Balaban J connectivity index is 2.89. The summed E-state index contributed by atoms with van der Waals surface area (Å²) in [6.45, 7) is 6.82. The number of carbonyl (C=O) groups excluding carboxylic acids is 1. The molecule has 0 unspecified atom stereocenters. The summed E-state index contributed by atoms with van der Waals surface area (Å²) >= 11 is 1.21. The Hall–Kier alpha value is -0.940. The Morgan fingerprint density at radius 2 is 1.88 bits per heavy atom. The predicted octanol–water partition coefficient (Wildman–Crippen LogP) is 1.52. The lowest BCUT2D eigenvalue weighted by Gasteiger charge is -2.15. The highest BCUT2D eigenvalue weighted by atomic mass is 32.2. The molecule has 1 aromatic rings. The molecule has 1 aromatic heterocycles. The number of Topliss-reactive ketones (excluding diaryl/α,β-unsaturated/α-hetero) is 1. The molecule has 4 nitrogen and oxygen atoms in total. The van der Waals surface area contributed by atoms with Gasteiger partial charge in [0, 0.05) is 11.4 Å². The van der Waals surface area contributed by atoms with Crippen molar-refractivity contribution in [3.8, 4) is 0 Å². The van der Waals surface area contributed by atoms with Crippen LogP contribution in [0.1, 0.15) is 25.2 Å². The number of rotatable bonds is 4. The van der Waals surface area contributed by atoms with Crippen molar-refractivity contribution < 1.29 is 9.90 Å². The lowest BCUT2D eigenvalue weighted by atomic mass is 10.2. The summed E-state index contributed by atoms with van der Waals surface area (Å²) in [5, 5.41) is 9.53. The highest BCUT2D eigenvalue weighted by molar-refractivity contribution is 8.00. The van der Waals surface area contributed by atoms with Crippen LogP contribution in [0.5, 0.6) is 0 Å². The van der Waals surface area contributed by atoms with Crippen LogP contribution >= 0.6 is 11.8 Å². The van der Waals surface area contributed by atoms with Gasteiger partial charge in [-0.25, -0.2) is 9.97 Å². The zero-order valence-electron chi connectivity index (χ0n) is 9.89. The van der Waals surface area contributed by atoms with Gasteiger partial charge in [0.15, 0.2) is 5.16 Å². The minimum Gasteiger partial charge on any atom is -0.392 e. The number of thioether (sulfide) groups is 1. The summed E-state index contributed by atoms with van der Waals surface area (Å²) in [6, 6.07) is 1.87. The van der Waals surface area contributed by atoms with E-state index >= 15 is 0 Å². The molecular formula is C11H16N2O2S. The van der Waals surface area contributed by atoms with E-state index in [1.54, 1.807) is 6.92 Å². The van der Waals surface area contributed by atoms with Crippen LogP contribution in [0, 0.1) is 13.8 Å². The maximum Gasteiger partial charge on any atom is 0.188 e. The van der Waals surface area contributed by atoms with Gasteiger partial charge < -0.3 is 5.11 Å². The van der Waals surface area contributed by atoms with Crippen LogP contribution < -0.4 is 0 Å². The third-order valence-corrected chi connectivity index (χ3v) is 3.41. The minimum atomic E-state index is -0.702. The molecule has 1 rings (SSSR count). The fraction of sp³-hybridized carbons (Fsp3) is 0.545. The van der Waals surface area contributed by atoms with E-state index in [1.165, 1.54) is 18.7 Å². The lowest BCUT2D eigenvalue weighted by Crippen LogP contribution is -2.27. The van der Waals surface area contributed by atoms with E-state index < -0.39 is 11.4 Å². The second-order valence-electron chi connectivity index (χ2n) is 3.82. The van der Waals surface area contributed by atoms with E-state index in [0.29, 0.717) is 5.16 Å². The fourth-order valence-corrected chi connectivity index (χ4v) is 2.36. The first-order valence-corrected chi connectivity index (χ1v) is 5.95. The van der Waals surface area contributed by atoms with Crippen LogP contribution in [0.15, 0.2) is 11.2 Å². The molecule has 0 aliphatic rings. The van der Waals surface area contributed by atoms with Gasteiger partial charge in [-0.1, -0.05) is 11.8 Å². The van der Waals surface area contributed by atoms with Crippen molar-refractivity contribution in [3.05, 3.63) is 17.5 Å². The summed E-state index contributed by atoms with van der Waals surface area (Å²) in [4.78, 5) is 19.8. The van der Waals surface area contributed by atoms with Crippen molar-refractivity contribution in [2.75, 3.05) is 0 Å². The van der Waals surface area contributed by atoms with Gasteiger partial charge in [-0.2, -0.15) is 0 Å². The fourth-order valence-electron chi connectivity index (χ4n) is 1.38. The Kier molecular flexibility index (Phi) is 4.44. The van der Waals surface area contributed by atoms with Crippen molar-refractivity contribution in [2.45, 2.75) is 44.2 Å². The Morgan fingerprint density at radius 1 is 1.38 bits per heavy atom. The van der Waals surface area contributed by atoms with Crippen LogP contribution in [0.3, 0.4) is 0 Å². The van der Waals surface area contributed by atoms with Crippen LogP contribution in [0.25, 0.3) is 0 Å². The van der Waals surface area contributed by atoms with Gasteiger partial charge in [0.05, 0.1) is 11.4 Å². The molecule has 0 bridgehead atoms. The van der Waals surface area contributed by atoms with Gasteiger partial charge in [-0.05, 0) is 33.8 Å². The smallest absolute Gasteiger partial charge is 0.188 e. The van der Waals surface area contributed by atoms with E-state index in [9.17, 15) is 9.90 Å². The average molecular weight is 240 g/mol. The molecule has 0 aliphatic heterocycles. The number of hydrogen-bond donors (Lipinski definition) is 1. The molecule has 2 atom stereocenters. The molecule has 0 aromatic carbocycles. The molecular weight excluding hydrogens is 224 g/mol. The van der Waals surface area contributed by atoms with Crippen LogP contribution in [-0.2, 0) is 4.79 Å². The standard InChI is InChI=1S/C11H16N2O2S/c1-6-5-7(2)13-11(12-6)16-10(8(3)14)9(4)15/h5,8,10,14H,1-4H3/t8-,10+/m0/s1. The molecule has 0 amide bonds. The average Bonchev–Trinajstić information content (AvgIpc) is 2.11. The van der Waals surface area contributed by atoms with E-state index in [-0.39, 0.29) is 5.78 Å². The molecule has 0 aliphatic carbocycles. The largest absolute Gasteiger partial charge is 0.392 e. The van der Waals surface area contributed by atoms with Crippen LogP contribution in [0.2, 0.25) is 0 Å². The molecule has 1 N–H and O–H groups in total. The molecule has 0 saturated carbocycles. The van der Waals surface area contributed by atoms with E-state index in [1.807, 2.05) is 19.9 Å². The summed E-state index contributed by atoms with van der Waals surface area (Å²) in [7, 11) is 0. The maximum atomic E-state index is 11.3. The van der Waals surface area contributed by atoms with Gasteiger partial charge >= 0.3 is 0 Å². The SMILES string of the molecule is CC(=O)[C@H](Sc1nc(C)cc(C)n1)[C@H](C)O. The van der Waals surface area contributed by atoms with Gasteiger partial charge in [-0.3, -0.25) is 4.79 Å². The molecule has 0 spiro atoms. The summed E-state index contributed by atoms with van der Waals surface area (Å²) < 4.78 is 0. The van der Waals surface area contributed by atoms with Crippen molar-refractivity contribution in [1.29, 1.82) is 0 Å². The molecule has 0 radical (unpaired) electrons. The first-order valence-electron chi connectivity index (χ1n) is 5.07. The summed E-state index contributed by atoms with van der Waals surface area (Å²) in [6.07, 6.45) is -0.702. The zero-order valence-corrected chi connectivity index (χ0v) is 10.7. The quantitative estimate of drug-likeness (QED) is 0.638. The van der Waals surface area contributed by atoms with Crippen LogP contribution in [-0.4, -0.2) is 32.2 Å². The first kappa shape index (κ1) is 13.1. The maximum absolute atomic E-state index is 11.3. The number of hydrogen-bond acceptors (Lipinski definition) is 5. The number of aliphatic hydroxyl groups excluding tert-OH is 1. The summed E-state index contributed by atoms with van der Waals surface area (Å²) in [5.41, 5.74) is 1.73. The first-order chi connectivity index (χ1) is 7.40. The number of carbonyl (C=O) groups is 1. The number of aliphatic hydroxyl groups is 1. The molecule has 5 heteroatoms. The highest BCUT2D eigenvalue weighted by Gasteiger charge is 2.22. The predicted molar refractivity (Wildman–Crippen MR) is 63.5 cm³/mol. The third kappa shape index (κ3) is 3.57. The van der Waals surface area contributed by atoms with E-state index in [0.717, 1.165) is 11.4 Å². The number of aryl methyl sites for hydroxylation is 2. The summed E-state index contributed by atoms with van der Waals surface area (Å²) in [5.74, 6) is -0.0669. The number of ketones is 1. The Bertz CT molecular complexity index is 373. The lowest BCUT2D eigenvalue weighted by molar-refractivity contribution is -0.118. The topological polar surface area (TPSA) is 63.1 Å². The third-order valence-electron chi connectivity index (χ3n) is 2.03. The van der Waals surface area contributed by atoms with Gasteiger partial charge in [0.25, 0.3) is 0 Å². The highest BCUT2D eigenvalue weighted by Crippen LogP contribution is 2.23. The van der Waals surface area contributed by atoms with E-state index in [4.69, 9.17) is 0 Å². The second kappa shape index (κ2) is 5.41. The number of aromatic nitrogens is 2. The monoisotopic (exact) mass is 240 g/mol. The zero-order chi connectivity index (χ0) is 12.3. The molecule has 1 heterocycles. The van der Waals surface area contributed by atoms with Gasteiger partial charge in [0.2, 0.25) is 0 Å². The second-order valence-corrected chi connectivity index (χ2v) is 4.93. The molecule has 0 fully saturated rings. The Labute approximate surface area is 99.5 Å².